The number of carbonyl (C=O) groups excluding carboxylic acids is 1. The van der Waals surface area contributed by atoms with E-state index in [2.05, 4.69) is 25.2 Å². The lowest BCUT2D eigenvalue weighted by atomic mass is 10.1. The summed E-state index contributed by atoms with van der Waals surface area (Å²) in [6.45, 7) is 2.00. The quantitative estimate of drug-likeness (QED) is 0.323. The topological polar surface area (TPSA) is 127 Å². The van der Waals surface area contributed by atoms with Crippen molar-refractivity contribution < 1.29 is 17.6 Å². The highest BCUT2D eigenvalue weighted by Gasteiger charge is 2.16. The number of thioether (sulfide) groups is 1. The molecule has 0 aliphatic rings. The van der Waals surface area contributed by atoms with E-state index in [0.717, 1.165) is 11.1 Å². The third-order valence-corrected chi connectivity index (χ3v) is 7.35. The molecular formula is C21H19N5O4S3. The Hall–Kier alpha value is -3.22. The van der Waals surface area contributed by atoms with Gasteiger partial charge in [0.1, 0.15) is 0 Å². The van der Waals surface area contributed by atoms with Crippen LogP contribution in [0.1, 0.15) is 12.0 Å². The first-order valence-corrected chi connectivity index (χ1v) is 13.1. The number of thiazole rings is 1. The van der Waals surface area contributed by atoms with Crippen LogP contribution in [0.15, 0.2) is 74.6 Å². The number of nitrogens with one attached hydrogen (secondary N) is 2. The van der Waals surface area contributed by atoms with E-state index in [1.807, 2.05) is 31.2 Å². The first-order chi connectivity index (χ1) is 15.9. The molecule has 170 valence electrons. The maximum absolute atomic E-state index is 12.4. The van der Waals surface area contributed by atoms with Gasteiger partial charge in [-0.1, -0.05) is 29.5 Å². The van der Waals surface area contributed by atoms with Gasteiger partial charge < -0.3 is 9.73 Å². The van der Waals surface area contributed by atoms with Crippen LogP contribution in [-0.4, -0.2) is 35.3 Å². The van der Waals surface area contributed by atoms with Crippen LogP contribution in [0.5, 0.6) is 0 Å². The summed E-state index contributed by atoms with van der Waals surface area (Å²) in [5.74, 6) is 0.671. The van der Waals surface area contributed by atoms with Crippen LogP contribution in [0.25, 0.3) is 11.5 Å². The first kappa shape index (κ1) is 23.0. The highest BCUT2D eigenvalue weighted by molar-refractivity contribution is 7.99. The highest BCUT2D eigenvalue weighted by atomic mass is 32.2. The van der Waals surface area contributed by atoms with Crippen LogP contribution >= 0.6 is 23.1 Å². The number of hydrogen-bond donors (Lipinski definition) is 2. The zero-order valence-corrected chi connectivity index (χ0v) is 19.8. The number of benzene rings is 2. The first-order valence-electron chi connectivity index (χ1n) is 9.75. The van der Waals surface area contributed by atoms with Crippen LogP contribution < -0.4 is 10.0 Å². The highest BCUT2D eigenvalue weighted by Crippen LogP contribution is 2.24. The van der Waals surface area contributed by atoms with Gasteiger partial charge in [0.2, 0.25) is 11.8 Å². The van der Waals surface area contributed by atoms with E-state index in [1.54, 1.807) is 5.38 Å². The number of nitrogens with zero attached hydrogens (tertiary/aromatic N) is 3. The van der Waals surface area contributed by atoms with Crippen molar-refractivity contribution in [2.24, 2.45) is 0 Å². The minimum absolute atomic E-state index is 0.0760. The number of amides is 1. The monoisotopic (exact) mass is 501 g/mol. The Bertz CT molecular complexity index is 1320. The van der Waals surface area contributed by atoms with Gasteiger partial charge in [0.25, 0.3) is 15.2 Å². The van der Waals surface area contributed by atoms with Crippen molar-refractivity contribution in [3.8, 4) is 11.5 Å². The van der Waals surface area contributed by atoms with Crippen molar-refractivity contribution in [1.82, 2.24) is 15.2 Å². The smallest absolute Gasteiger partial charge is 0.276 e. The number of sulfonamides is 1. The fourth-order valence-electron chi connectivity index (χ4n) is 2.70. The lowest BCUT2D eigenvalue weighted by molar-refractivity contribution is -0.115. The largest absolute Gasteiger partial charge is 0.411 e. The number of aryl methyl sites for hydroxylation is 1. The Morgan fingerprint density at radius 1 is 1.09 bits per heavy atom. The molecule has 0 saturated heterocycles. The number of rotatable bonds is 9. The Kier molecular flexibility index (Phi) is 7.06. The molecule has 0 radical (unpaired) electrons. The SMILES string of the molecule is Cc1ccc(-c2nnc(SCCC(=O)Nc3ccc(S(=O)(=O)Nc4nccs4)cc3)o2)cc1. The lowest BCUT2D eigenvalue weighted by Crippen LogP contribution is -2.14. The predicted molar refractivity (Wildman–Crippen MR) is 128 cm³/mol. The lowest BCUT2D eigenvalue weighted by Gasteiger charge is -2.07. The summed E-state index contributed by atoms with van der Waals surface area (Å²) < 4.78 is 32.8. The summed E-state index contributed by atoms with van der Waals surface area (Å²) in [6.07, 6.45) is 1.74. The van der Waals surface area contributed by atoms with Gasteiger partial charge in [-0.3, -0.25) is 9.52 Å². The number of anilines is 2. The molecule has 2 aromatic heterocycles. The maximum Gasteiger partial charge on any atom is 0.276 e. The molecule has 0 saturated carbocycles. The van der Waals surface area contributed by atoms with E-state index in [4.69, 9.17) is 4.42 Å². The van der Waals surface area contributed by atoms with Gasteiger partial charge in [0.05, 0.1) is 4.90 Å². The molecule has 9 nitrogen and oxygen atoms in total. The molecule has 0 spiro atoms. The van der Waals surface area contributed by atoms with Gasteiger partial charge >= 0.3 is 0 Å². The Labute approximate surface area is 198 Å². The zero-order chi connectivity index (χ0) is 23.3. The third-order valence-electron chi connectivity index (χ3n) is 4.36. The van der Waals surface area contributed by atoms with E-state index >= 15 is 0 Å². The maximum atomic E-state index is 12.4. The standard InChI is InChI=1S/C21H19N5O4S3/c1-14-2-4-15(5-3-14)19-24-25-21(30-19)32-12-10-18(27)23-16-6-8-17(9-7-16)33(28,29)26-20-22-11-13-31-20/h2-9,11,13H,10,12H2,1H3,(H,22,26)(H,23,27). The van der Waals surface area contributed by atoms with Crippen LogP contribution in [0.3, 0.4) is 0 Å². The Morgan fingerprint density at radius 3 is 2.55 bits per heavy atom. The number of hydrogen-bond acceptors (Lipinski definition) is 9. The van der Waals surface area contributed by atoms with E-state index in [0.29, 0.717) is 22.6 Å². The minimum Gasteiger partial charge on any atom is -0.411 e. The fourth-order valence-corrected chi connectivity index (χ4v) is 5.19. The van der Waals surface area contributed by atoms with Gasteiger partial charge in [-0.15, -0.1) is 21.5 Å². The van der Waals surface area contributed by atoms with Crippen LogP contribution in [-0.2, 0) is 14.8 Å². The number of aromatic nitrogens is 3. The second-order valence-electron chi connectivity index (χ2n) is 6.85. The molecule has 0 bridgehead atoms. The summed E-state index contributed by atoms with van der Waals surface area (Å²) in [5.41, 5.74) is 2.48. The fraction of sp³-hybridized carbons (Fsp3) is 0.143. The van der Waals surface area contributed by atoms with Gasteiger partial charge in [0.15, 0.2) is 5.13 Å². The normalized spacial score (nSPS) is 11.3. The molecule has 1 amide bonds. The van der Waals surface area contributed by atoms with Crippen molar-refractivity contribution in [3.05, 3.63) is 65.7 Å². The summed E-state index contributed by atoms with van der Waals surface area (Å²) in [5, 5.41) is 13.1. The second kappa shape index (κ2) is 10.1. The van der Waals surface area contributed by atoms with Crippen molar-refractivity contribution in [2.45, 2.75) is 23.5 Å². The molecule has 4 rings (SSSR count). The van der Waals surface area contributed by atoms with Gasteiger partial charge in [-0.2, -0.15) is 0 Å². The molecule has 2 heterocycles. The van der Waals surface area contributed by atoms with E-state index in [-0.39, 0.29) is 22.4 Å². The van der Waals surface area contributed by atoms with Crippen LogP contribution in [0, 0.1) is 6.92 Å². The third kappa shape index (κ3) is 6.18. The van der Waals surface area contributed by atoms with Crippen molar-refractivity contribution in [2.75, 3.05) is 15.8 Å². The molecule has 0 aliphatic carbocycles. The summed E-state index contributed by atoms with van der Waals surface area (Å²) >= 11 is 2.48. The number of carbonyl (C=O) groups is 1. The van der Waals surface area contributed by atoms with Crippen molar-refractivity contribution in [1.29, 1.82) is 0 Å². The van der Waals surface area contributed by atoms with Gasteiger partial charge in [0, 0.05) is 35.0 Å². The van der Waals surface area contributed by atoms with Gasteiger partial charge in [-0.25, -0.2) is 13.4 Å². The summed E-state index contributed by atoms with van der Waals surface area (Å²) in [4.78, 5) is 16.2. The average molecular weight is 502 g/mol. The van der Waals surface area contributed by atoms with Gasteiger partial charge in [-0.05, 0) is 43.3 Å². The molecule has 12 heteroatoms. The van der Waals surface area contributed by atoms with E-state index < -0.39 is 10.0 Å². The van der Waals surface area contributed by atoms with Crippen molar-refractivity contribution in [3.63, 3.8) is 0 Å². The van der Waals surface area contributed by atoms with E-state index in [9.17, 15) is 13.2 Å². The molecule has 2 aromatic carbocycles. The van der Waals surface area contributed by atoms with Crippen LogP contribution in [0.4, 0.5) is 10.8 Å². The Morgan fingerprint density at radius 2 is 1.85 bits per heavy atom. The molecule has 33 heavy (non-hydrogen) atoms. The predicted octanol–water partition coefficient (Wildman–Crippen LogP) is 4.42. The average Bonchev–Trinajstić information content (AvgIpc) is 3.47. The minimum atomic E-state index is -3.74. The molecule has 0 unspecified atom stereocenters. The summed E-state index contributed by atoms with van der Waals surface area (Å²) in [7, 11) is -3.74. The second-order valence-corrected chi connectivity index (χ2v) is 10.5. The molecule has 0 aliphatic heterocycles. The van der Waals surface area contributed by atoms with E-state index in [1.165, 1.54) is 53.6 Å². The van der Waals surface area contributed by atoms with Crippen molar-refractivity contribution >= 4 is 49.8 Å². The Balaban J connectivity index is 1.26. The molecule has 0 fully saturated rings. The summed E-state index contributed by atoms with van der Waals surface area (Å²) in [6, 6.07) is 13.7. The molecule has 4 aromatic rings. The molecular weight excluding hydrogens is 482 g/mol. The van der Waals surface area contributed by atoms with Crippen LogP contribution in [0.2, 0.25) is 0 Å². The zero-order valence-electron chi connectivity index (χ0n) is 17.4. The molecule has 0 atom stereocenters. The molecule has 2 N–H and O–H groups in total.